The number of carbonyl (C=O) groups excluding carboxylic acids is 1. The second-order valence-electron chi connectivity index (χ2n) is 7.41. The van der Waals surface area contributed by atoms with Crippen molar-refractivity contribution in [3.8, 4) is 17.2 Å². The molecule has 0 spiro atoms. The van der Waals surface area contributed by atoms with Crippen LogP contribution in [0.15, 0.2) is 30.3 Å². The second-order valence-corrected chi connectivity index (χ2v) is 9.16. The van der Waals surface area contributed by atoms with E-state index in [2.05, 4.69) is 10.2 Å². The molecular weight excluding hydrogens is 514 g/mol. The Hall–Kier alpha value is -2.99. The monoisotopic (exact) mass is 531 g/mol. The minimum Gasteiger partial charge on any atom is -0.493 e. The fourth-order valence-electron chi connectivity index (χ4n) is 3.96. The smallest absolute Gasteiger partial charge is 0.452 e. The zero-order chi connectivity index (χ0) is 25.5. The van der Waals surface area contributed by atoms with Crippen LogP contribution in [0.3, 0.4) is 0 Å². The number of fused-ring (bicyclic) bond motifs is 3. The Morgan fingerprint density at radius 2 is 1.89 bits per heavy atom. The van der Waals surface area contributed by atoms with Gasteiger partial charge in [-0.15, -0.1) is 22.0 Å². The molecular formula is C22H18ClF4N3O4S. The van der Waals surface area contributed by atoms with Gasteiger partial charge in [0.1, 0.15) is 5.82 Å². The predicted molar refractivity (Wildman–Crippen MR) is 120 cm³/mol. The van der Waals surface area contributed by atoms with E-state index >= 15 is 4.39 Å². The summed E-state index contributed by atoms with van der Waals surface area (Å²) in [5, 5.41) is 5.18. The van der Waals surface area contributed by atoms with Gasteiger partial charge in [-0.2, -0.15) is 13.2 Å². The van der Waals surface area contributed by atoms with Gasteiger partial charge in [-0.05, 0) is 23.8 Å². The Bertz CT molecular complexity index is 1280. The first-order chi connectivity index (χ1) is 16.6. The number of hydrogen-bond donors (Lipinski definition) is 0. The molecule has 1 aliphatic rings. The van der Waals surface area contributed by atoms with Gasteiger partial charge in [0.15, 0.2) is 17.3 Å². The summed E-state index contributed by atoms with van der Waals surface area (Å²) in [6, 6.07) is 7.27. The van der Waals surface area contributed by atoms with E-state index in [0.29, 0.717) is 21.6 Å². The summed E-state index contributed by atoms with van der Waals surface area (Å²) in [5.74, 6) is -2.72. The molecule has 0 bridgehead atoms. The van der Waals surface area contributed by atoms with Crippen LogP contribution in [0, 0.1) is 5.82 Å². The van der Waals surface area contributed by atoms with Gasteiger partial charge in [0, 0.05) is 10.6 Å². The standard InChI is InChI=1S/C22H18ClF4N3O4S/c1-32-14-6-4-5-11(18(14)34-3)19-12-7-10(23)8-13(24)17(12)30-20(15(35-19)9-16(31)33-2)28-29-21(30)22(25,26)27/h4-8,15,19H,9H2,1-3H3/t15-,19-/m0/s1. The highest BCUT2D eigenvalue weighted by Crippen LogP contribution is 2.55. The van der Waals surface area contributed by atoms with Crippen LogP contribution in [0.1, 0.15) is 39.7 Å². The number of halogens is 5. The van der Waals surface area contributed by atoms with Crippen LogP contribution in [0.4, 0.5) is 17.6 Å². The molecule has 0 fully saturated rings. The average molecular weight is 532 g/mol. The van der Waals surface area contributed by atoms with Crippen LogP contribution >= 0.6 is 23.4 Å². The van der Waals surface area contributed by atoms with Gasteiger partial charge >= 0.3 is 12.1 Å². The fourth-order valence-corrected chi connectivity index (χ4v) is 5.67. The molecule has 0 saturated carbocycles. The summed E-state index contributed by atoms with van der Waals surface area (Å²) < 4.78 is 73.5. The van der Waals surface area contributed by atoms with Gasteiger partial charge in [0.25, 0.3) is 0 Å². The van der Waals surface area contributed by atoms with Crippen molar-refractivity contribution in [1.82, 2.24) is 14.8 Å². The summed E-state index contributed by atoms with van der Waals surface area (Å²) in [5.41, 5.74) is 0.170. The molecule has 2 heterocycles. The highest BCUT2D eigenvalue weighted by molar-refractivity contribution is 8.00. The lowest BCUT2D eigenvalue weighted by Crippen LogP contribution is -2.18. The summed E-state index contributed by atoms with van der Waals surface area (Å²) >= 11 is 7.22. The minimum absolute atomic E-state index is 0.0247. The molecule has 2 atom stereocenters. The number of nitrogens with zero attached hydrogens (tertiary/aromatic N) is 3. The molecule has 1 aliphatic heterocycles. The number of alkyl halides is 3. The number of carbonyl (C=O) groups is 1. The third kappa shape index (κ3) is 4.52. The van der Waals surface area contributed by atoms with Crippen molar-refractivity contribution in [3.63, 3.8) is 0 Å². The molecule has 0 saturated heterocycles. The van der Waals surface area contributed by atoms with E-state index in [0.717, 1.165) is 24.9 Å². The maximum Gasteiger partial charge on any atom is 0.452 e. The van der Waals surface area contributed by atoms with E-state index in [-0.39, 0.29) is 22.8 Å². The first-order valence-electron chi connectivity index (χ1n) is 10.1. The average Bonchev–Trinajstić information content (AvgIpc) is 3.20. The Morgan fingerprint density at radius 3 is 2.51 bits per heavy atom. The zero-order valence-corrected chi connectivity index (χ0v) is 20.1. The number of hydrogen-bond acceptors (Lipinski definition) is 7. The maximum absolute atomic E-state index is 15.4. The molecule has 35 heavy (non-hydrogen) atoms. The molecule has 0 unspecified atom stereocenters. The van der Waals surface area contributed by atoms with Crippen LogP contribution in [0.2, 0.25) is 5.02 Å². The number of methoxy groups -OCH3 is 3. The molecule has 0 N–H and O–H groups in total. The van der Waals surface area contributed by atoms with Crippen LogP contribution in [0.25, 0.3) is 5.69 Å². The number of ether oxygens (including phenoxy) is 3. The van der Waals surface area contributed by atoms with Crippen molar-refractivity contribution < 1.29 is 36.6 Å². The molecule has 7 nitrogen and oxygen atoms in total. The van der Waals surface area contributed by atoms with E-state index < -0.39 is 40.0 Å². The Morgan fingerprint density at radius 1 is 1.14 bits per heavy atom. The van der Waals surface area contributed by atoms with Gasteiger partial charge in [-0.3, -0.25) is 9.36 Å². The van der Waals surface area contributed by atoms with Crippen molar-refractivity contribution in [3.05, 3.63) is 63.9 Å². The number of para-hydroxylation sites is 1. The van der Waals surface area contributed by atoms with Crippen molar-refractivity contribution >= 4 is 29.3 Å². The van der Waals surface area contributed by atoms with E-state index in [1.807, 2.05) is 0 Å². The number of rotatable bonds is 5. The fraction of sp³-hybridized carbons (Fsp3) is 0.318. The van der Waals surface area contributed by atoms with Crippen LogP contribution in [0.5, 0.6) is 11.5 Å². The SMILES string of the molecule is COC(=O)C[C@@H]1S[C@@H](c2cccc(OC)c2OC)c2cc(Cl)cc(F)c2-n2c1nnc2C(F)(F)F. The predicted octanol–water partition coefficient (Wildman–Crippen LogP) is 5.54. The number of aromatic nitrogens is 3. The molecule has 2 aromatic carbocycles. The minimum atomic E-state index is -4.96. The lowest BCUT2D eigenvalue weighted by atomic mass is 10.0. The van der Waals surface area contributed by atoms with Gasteiger partial charge < -0.3 is 14.2 Å². The van der Waals surface area contributed by atoms with Crippen molar-refractivity contribution in [2.45, 2.75) is 23.1 Å². The van der Waals surface area contributed by atoms with Crippen molar-refractivity contribution in [2.75, 3.05) is 21.3 Å². The second kappa shape index (κ2) is 9.57. The zero-order valence-electron chi connectivity index (χ0n) is 18.5. The van der Waals surface area contributed by atoms with Crippen molar-refractivity contribution in [1.29, 1.82) is 0 Å². The summed E-state index contributed by atoms with van der Waals surface area (Å²) in [6.07, 6.45) is -5.30. The summed E-state index contributed by atoms with van der Waals surface area (Å²) in [4.78, 5) is 12.2. The molecule has 13 heteroatoms. The molecule has 186 valence electrons. The topological polar surface area (TPSA) is 75.5 Å². The van der Waals surface area contributed by atoms with E-state index in [1.165, 1.54) is 20.3 Å². The molecule has 4 rings (SSSR count). The van der Waals surface area contributed by atoms with E-state index in [1.54, 1.807) is 18.2 Å². The highest BCUT2D eigenvalue weighted by Gasteiger charge is 2.44. The normalized spacial score (nSPS) is 17.3. The van der Waals surface area contributed by atoms with Crippen LogP contribution in [-0.4, -0.2) is 42.1 Å². The third-order valence-corrected chi connectivity index (χ3v) is 7.09. The summed E-state index contributed by atoms with van der Waals surface area (Å²) in [6.45, 7) is 0. The molecule has 3 aromatic rings. The number of esters is 1. The Balaban J connectivity index is 2.07. The van der Waals surface area contributed by atoms with Crippen LogP contribution < -0.4 is 9.47 Å². The van der Waals surface area contributed by atoms with Gasteiger partial charge in [-0.1, -0.05) is 23.7 Å². The van der Waals surface area contributed by atoms with Gasteiger partial charge in [0.05, 0.1) is 43.9 Å². The first-order valence-corrected chi connectivity index (χ1v) is 11.4. The van der Waals surface area contributed by atoms with Gasteiger partial charge in [0.2, 0.25) is 5.82 Å². The Kier molecular flexibility index (Phi) is 6.87. The van der Waals surface area contributed by atoms with E-state index in [4.69, 9.17) is 25.8 Å². The lowest BCUT2D eigenvalue weighted by Gasteiger charge is -2.23. The highest BCUT2D eigenvalue weighted by atomic mass is 35.5. The third-order valence-electron chi connectivity index (χ3n) is 5.39. The molecule has 0 radical (unpaired) electrons. The quantitative estimate of drug-likeness (QED) is 0.316. The summed E-state index contributed by atoms with van der Waals surface area (Å²) in [7, 11) is 4.00. The number of benzene rings is 2. The lowest BCUT2D eigenvalue weighted by molar-refractivity contribution is -0.146. The van der Waals surface area contributed by atoms with Crippen molar-refractivity contribution in [2.24, 2.45) is 0 Å². The van der Waals surface area contributed by atoms with Gasteiger partial charge in [-0.25, -0.2) is 4.39 Å². The molecule has 0 aliphatic carbocycles. The first kappa shape index (κ1) is 25.1. The Labute approximate surface area is 206 Å². The van der Waals surface area contributed by atoms with Crippen LogP contribution in [-0.2, 0) is 15.7 Å². The molecule has 1 aromatic heterocycles. The maximum atomic E-state index is 15.4. The largest absolute Gasteiger partial charge is 0.493 e. The van der Waals surface area contributed by atoms with E-state index in [9.17, 15) is 18.0 Å². The number of thioether (sulfide) groups is 1. The molecule has 0 amide bonds.